The summed E-state index contributed by atoms with van der Waals surface area (Å²) in [5.74, 6) is 0.202. The quantitative estimate of drug-likeness (QED) is 0.301. The van der Waals surface area contributed by atoms with Crippen molar-refractivity contribution >= 4 is 34.9 Å². The Morgan fingerprint density at radius 2 is 1.96 bits per heavy atom. The maximum absolute atomic E-state index is 11.7. The summed E-state index contributed by atoms with van der Waals surface area (Å²) in [6.07, 6.45) is 8.75. The number of ketones is 1. The third-order valence-corrected chi connectivity index (χ3v) is 3.59. The van der Waals surface area contributed by atoms with Gasteiger partial charge in [-0.1, -0.05) is 35.4 Å². The number of carbonyl (C=O) groups excluding carboxylic acids is 2. The van der Waals surface area contributed by atoms with Gasteiger partial charge < -0.3 is 10.2 Å². The molecule has 0 saturated heterocycles. The van der Waals surface area contributed by atoms with Crippen molar-refractivity contribution < 1.29 is 31.4 Å². The molecule has 1 aromatic carbocycles. The summed E-state index contributed by atoms with van der Waals surface area (Å²) in [5, 5.41) is 0.966. The van der Waals surface area contributed by atoms with E-state index < -0.39 is 0 Å². The van der Waals surface area contributed by atoms with Gasteiger partial charge in [0.05, 0.1) is 11.6 Å². The molecule has 0 aromatic heterocycles. The second-order valence-electron chi connectivity index (χ2n) is 4.90. The first-order valence-electron chi connectivity index (χ1n) is 7.28. The first-order chi connectivity index (χ1) is 11.6. The van der Waals surface area contributed by atoms with E-state index in [1.807, 2.05) is 0 Å². The van der Waals surface area contributed by atoms with E-state index in [1.54, 1.807) is 36.4 Å². The molecule has 1 amide bonds. The Morgan fingerprint density at radius 3 is 2.68 bits per heavy atom. The zero-order valence-corrected chi connectivity index (χ0v) is 15.5. The Labute approximate surface area is 166 Å². The van der Waals surface area contributed by atoms with E-state index in [-0.39, 0.29) is 35.2 Å². The fourth-order valence-electron chi connectivity index (χ4n) is 1.86. The summed E-state index contributed by atoms with van der Waals surface area (Å²) in [4.78, 5) is 23.1. The van der Waals surface area contributed by atoms with Gasteiger partial charge in [-0.25, -0.2) is 0 Å². The van der Waals surface area contributed by atoms with E-state index >= 15 is 0 Å². The van der Waals surface area contributed by atoms with Gasteiger partial charge in [0, 0.05) is 40.3 Å². The molecule has 2 N–H and O–H groups in total. The molecule has 0 spiro atoms. The van der Waals surface area contributed by atoms with E-state index in [4.69, 9.17) is 27.9 Å². The summed E-state index contributed by atoms with van der Waals surface area (Å²) in [7, 11) is 0. The Kier molecular flexibility index (Phi) is 9.38. The average Bonchev–Trinajstić information content (AvgIpc) is 2.55. The molecule has 137 valence electrons. The van der Waals surface area contributed by atoms with Gasteiger partial charge in [0.25, 0.3) is 0 Å². The summed E-state index contributed by atoms with van der Waals surface area (Å²) in [5.41, 5.74) is 5.58. The van der Waals surface area contributed by atoms with Crippen molar-refractivity contribution in [2.24, 2.45) is 0 Å². The number of halogens is 2. The van der Waals surface area contributed by atoms with E-state index in [1.165, 1.54) is 12.3 Å². The van der Waals surface area contributed by atoms with Gasteiger partial charge in [-0.2, -0.15) is 0 Å². The van der Waals surface area contributed by atoms with Gasteiger partial charge in [0.1, 0.15) is 5.75 Å². The SMILES string of the molecule is O=C(CCCOc1ccc(Cl)cc1Cl)NNC=C1C=CC=CC1=O.[Cu]. The summed E-state index contributed by atoms with van der Waals surface area (Å²) in [6.45, 7) is 0.349. The van der Waals surface area contributed by atoms with E-state index in [0.717, 1.165) is 0 Å². The number of hydrogen-bond donors (Lipinski definition) is 2. The van der Waals surface area contributed by atoms with Crippen LogP contribution in [0.4, 0.5) is 0 Å². The van der Waals surface area contributed by atoms with Crippen LogP contribution in [0.1, 0.15) is 12.8 Å². The molecule has 1 aliphatic carbocycles. The van der Waals surface area contributed by atoms with Crippen LogP contribution in [-0.2, 0) is 26.7 Å². The minimum Gasteiger partial charge on any atom is -0.492 e. The molecule has 0 fully saturated rings. The van der Waals surface area contributed by atoms with Crippen molar-refractivity contribution in [2.75, 3.05) is 6.61 Å². The summed E-state index contributed by atoms with van der Waals surface area (Å²) in [6, 6.07) is 4.96. The second-order valence-corrected chi connectivity index (χ2v) is 5.75. The van der Waals surface area contributed by atoms with Crippen LogP contribution in [-0.4, -0.2) is 18.3 Å². The van der Waals surface area contributed by atoms with Gasteiger partial charge in [-0.05, 0) is 36.8 Å². The Morgan fingerprint density at radius 1 is 1.20 bits per heavy atom. The molecule has 1 aliphatic rings. The van der Waals surface area contributed by atoms with Crippen LogP contribution in [0, 0.1) is 0 Å². The van der Waals surface area contributed by atoms with Gasteiger partial charge in [-0.15, -0.1) is 0 Å². The second kappa shape index (κ2) is 11.0. The number of ether oxygens (including phenoxy) is 1. The van der Waals surface area contributed by atoms with Crippen LogP contribution >= 0.6 is 23.2 Å². The van der Waals surface area contributed by atoms with Crippen LogP contribution in [0.15, 0.2) is 54.3 Å². The largest absolute Gasteiger partial charge is 0.492 e. The molecule has 0 saturated carbocycles. The molecule has 0 unspecified atom stereocenters. The standard InChI is InChI=1S/C17H16Cl2N2O3.Cu/c18-13-7-8-16(14(19)10-13)24-9-3-6-17(23)21-20-11-12-4-1-2-5-15(12)22;/h1-2,4-5,7-8,10-11,20H,3,6,9H2,(H,21,23);. The predicted molar refractivity (Wildman–Crippen MR) is 93.8 cm³/mol. The van der Waals surface area contributed by atoms with Crippen LogP contribution in [0.5, 0.6) is 5.75 Å². The Hall–Kier alpha value is -1.72. The van der Waals surface area contributed by atoms with Crippen LogP contribution in [0.2, 0.25) is 10.0 Å². The number of rotatable bonds is 7. The molecule has 25 heavy (non-hydrogen) atoms. The van der Waals surface area contributed by atoms with E-state index in [0.29, 0.717) is 34.4 Å². The zero-order chi connectivity index (χ0) is 17.4. The molecule has 0 bridgehead atoms. The minimum absolute atomic E-state index is 0. The number of hydrazine groups is 1. The van der Waals surface area contributed by atoms with E-state index in [9.17, 15) is 9.59 Å². The number of benzene rings is 1. The third-order valence-electron chi connectivity index (χ3n) is 3.06. The van der Waals surface area contributed by atoms with Crippen molar-refractivity contribution in [3.8, 4) is 5.75 Å². The van der Waals surface area contributed by atoms with Crippen molar-refractivity contribution in [3.63, 3.8) is 0 Å². The average molecular weight is 431 g/mol. The molecule has 2 rings (SSSR count). The van der Waals surface area contributed by atoms with Crippen LogP contribution in [0.3, 0.4) is 0 Å². The first kappa shape index (κ1) is 21.3. The van der Waals surface area contributed by atoms with Crippen molar-refractivity contribution in [3.05, 3.63) is 64.3 Å². The predicted octanol–water partition coefficient (Wildman–Crippen LogP) is 3.35. The molecule has 5 nitrogen and oxygen atoms in total. The molecular formula is C17H16Cl2CuN2O3. The van der Waals surface area contributed by atoms with Gasteiger partial charge >= 0.3 is 0 Å². The van der Waals surface area contributed by atoms with Gasteiger partial charge in [0.15, 0.2) is 5.78 Å². The fraction of sp³-hybridized carbons (Fsp3) is 0.176. The first-order valence-corrected chi connectivity index (χ1v) is 8.03. The van der Waals surface area contributed by atoms with Crippen molar-refractivity contribution in [1.29, 1.82) is 0 Å². The topological polar surface area (TPSA) is 67.4 Å². The molecule has 0 aliphatic heterocycles. The smallest absolute Gasteiger partial charge is 0.238 e. The van der Waals surface area contributed by atoms with Crippen LogP contribution in [0.25, 0.3) is 0 Å². The molecule has 1 aromatic rings. The molecular weight excluding hydrogens is 415 g/mol. The van der Waals surface area contributed by atoms with E-state index in [2.05, 4.69) is 10.9 Å². The monoisotopic (exact) mass is 429 g/mol. The zero-order valence-electron chi connectivity index (χ0n) is 13.0. The van der Waals surface area contributed by atoms with Gasteiger partial charge in [-0.3, -0.25) is 15.0 Å². The normalized spacial score (nSPS) is 14.2. The third kappa shape index (κ3) is 7.36. The summed E-state index contributed by atoms with van der Waals surface area (Å²) >= 11 is 11.8. The number of allylic oxidation sites excluding steroid dienone is 5. The Balaban J connectivity index is 0.00000312. The van der Waals surface area contributed by atoms with Gasteiger partial charge in [0.2, 0.25) is 5.91 Å². The summed E-state index contributed by atoms with van der Waals surface area (Å²) < 4.78 is 5.49. The molecule has 1 radical (unpaired) electrons. The fourth-order valence-corrected chi connectivity index (χ4v) is 2.33. The Bertz CT molecular complexity index is 718. The molecule has 0 atom stereocenters. The van der Waals surface area contributed by atoms with Crippen molar-refractivity contribution in [2.45, 2.75) is 12.8 Å². The van der Waals surface area contributed by atoms with Crippen LogP contribution < -0.4 is 15.6 Å². The number of carbonyl (C=O) groups is 2. The van der Waals surface area contributed by atoms with Crippen molar-refractivity contribution in [1.82, 2.24) is 10.9 Å². The number of hydrogen-bond acceptors (Lipinski definition) is 4. The number of nitrogens with one attached hydrogen (secondary N) is 2. The molecule has 8 heteroatoms. The number of amides is 1. The molecule has 0 heterocycles. The maximum Gasteiger partial charge on any atom is 0.238 e. The maximum atomic E-state index is 11.7. The minimum atomic E-state index is -0.208.